The van der Waals surface area contributed by atoms with Gasteiger partial charge in [-0.15, -0.1) is 0 Å². The molecule has 0 amide bonds. The van der Waals surface area contributed by atoms with Crippen molar-refractivity contribution in [2.45, 2.75) is 50.1 Å². The van der Waals surface area contributed by atoms with Gasteiger partial charge in [0.2, 0.25) is 0 Å². The van der Waals surface area contributed by atoms with E-state index in [9.17, 15) is 44.5 Å². The van der Waals surface area contributed by atoms with Gasteiger partial charge in [-0.3, -0.25) is 4.79 Å². The predicted octanol–water partition coefficient (Wildman–Crippen LogP) is 4.71. The molecule has 2 aromatic carbocycles. The van der Waals surface area contributed by atoms with Crippen molar-refractivity contribution in [1.82, 2.24) is 0 Å². The van der Waals surface area contributed by atoms with Crippen LogP contribution >= 0.6 is 0 Å². The summed E-state index contributed by atoms with van der Waals surface area (Å²) in [6, 6.07) is 15.0. The van der Waals surface area contributed by atoms with Crippen LogP contribution in [0, 0.1) is 17.3 Å². The zero-order valence-corrected chi connectivity index (χ0v) is 21.7. The molecular formula is C26H24F5O7S-. The molecule has 0 fully saturated rings. The molecule has 0 N–H and O–H groups in total. The Morgan fingerprint density at radius 1 is 0.872 bits per heavy atom. The van der Waals surface area contributed by atoms with E-state index in [0.29, 0.717) is 0 Å². The highest BCUT2D eigenvalue weighted by Crippen LogP contribution is 2.62. The van der Waals surface area contributed by atoms with Gasteiger partial charge in [0.05, 0.1) is 5.92 Å². The molecule has 3 unspecified atom stereocenters. The van der Waals surface area contributed by atoms with Crippen LogP contribution in [0.4, 0.5) is 22.0 Å². The highest BCUT2D eigenvalue weighted by molar-refractivity contribution is 7.86. The molecule has 3 atom stereocenters. The highest BCUT2D eigenvalue weighted by atomic mass is 32.2. The Morgan fingerprint density at radius 2 is 1.31 bits per heavy atom. The van der Waals surface area contributed by atoms with Crippen molar-refractivity contribution >= 4 is 22.1 Å². The van der Waals surface area contributed by atoms with Gasteiger partial charge in [0.1, 0.15) is 0 Å². The lowest BCUT2D eigenvalue weighted by Gasteiger charge is -2.54. The van der Waals surface area contributed by atoms with Crippen molar-refractivity contribution in [2.24, 2.45) is 17.3 Å². The molecule has 0 aromatic heterocycles. The topological polar surface area (TPSA) is 110 Å². The molecule has 3 aliphatic rings. The van der Waals surface area contributed by atoms with E-state index in [1.54, 1.807) is 12.1 Å². The molecule has 2 aromatic rings. The summed E-state index contributed by atoms with van der Waals surface area (Å²) >= 11 is 0. The number of rotatable bonds is 6. The second-order valence-corrected chi connectivity index (χ2v) is 12.1. The van der Waals surface area contributed by atoms with Crippen molar-refractivity contribution in [3.8, 4) is 0 Å². The van der Waals surface area contributed by atoms with Gasteiger partial charge in [-0.1, -0.05) is 69.3 Å². The Morgan fingerprint density at radius 3 is 1.69 bits per heavy atom. The van der Waals surface area contributed by atoms with Crippen molar-refractivity contribution in [3.05, 3.63) is 70.8 Å². The van der Waals surface area contributed by atoms with Crippen LogP contribution in [0.25, 0.3) is 0 Å². The van der Waals surface area contributed by atoms with Gasteiger partial charge in [-0.05, 0) is 33.6 Å². The molecule has 0 aliphatic heterocycles. The van der Waals surface area contributed by atoms with Gasteiger partial charge >= 0.3 is 23.4 Å². The van der Waals surface area contributed by atoms with Crippen LogP contribution in [0.2, 0.25) is 0 Å². The van der Waals surface area contributed by atoms with Crippen molar-refractivity contribution in [3.63, 3.8) is 0 Å². The third kappa shape index (κ3) is 5.02. The molecule has 39 heavy (non-hydrogen) atoms. The zero-order valence-electron chi connectivity index (χ0n) is 20.9. The van der Waals surface area contributed by atoms with E-state index >= 15 is 0 Å². The van der Waals surface area contributed by atoms with Crippen molar-refractivity contribution in [2.75, 3.05) is 6.61 Å². The standard InChI is InChI=1S/C26H25F5O7S/c1-24(2,3)21-19-15-10-6-4-8-13(15)18(14-9-5-7-11-16(14)19)20(21)22(33)37-12-17(32)38-23(25(27,28)29)26(30,31)39(34,35)36/h4-11,18-21,23H,12H2,1-3H3,(H,34,35,36)/p-1. The average molecular weight is 576 g/mol. The maximum atomic E-state index is 13.7. The smallest absolute Gasteiger partial charge is 0.432 e. The second kappa shape index (κ2) is 9.54. The lowest BCUT2D eigenvalue weighted by Crippen LogP contribution is -2.52. The molecule has 3 aliphatic carbocycles. The molecule has 13 heteroatoms. The minimum atomic E-state index is -6.85. The molecule has 0 radical (unpaired) electrons. The minimum absolute atomic E-state index is 0.248. The Labute approximate surface area is 221 Å². The molecular weight excluding hydrogens is 551 g/mol. The number of carbonyl (C=O) groups excluding carboxylic acids is 2. The van der Waals surface area contributed by atoms with Gasteiger partial charge in [-0.2, -0.15) is 22.0 Å². The van der Waals surface area contributed by atoms with E-state index < -0.39 is 63.4 Å². The van der Waals surface area contributed by atoms with E-state index in [4.69, 9.17) is 4.74 Å². The molecule has 0 saturated carbocycles. The zero-order chi connectivity index (χ0) is 29.1. The van der Waals surface area contributed by atoms with Crippen LogP contribution in [0.5, 0.6) is 0 Å². The predicted molar refractivity (Wildman–Crippen MR) is 125 cm³/mol. The summed E-state index contributed by atoms with van der Waals surface area (Å²) in [5.74, 6) is -5.10. The van der Waals surface area contributed by atoms with Gasteiger partial charge in [0.15, 0.2) is 16.7 Å². The van der Waals surface area contributed by atoms with E-state index in [0.717, 1.165) is 22.3 Å². The largest absolute Gasteiger partial charge is 0.743 e. The Hall–Kier alpha value is -3.06. The number of hydrogen-bond acceptors (Lipinski definition) is 7. The first kappa shape index (κ1) is 28.9. The second-order valence-electron chi connectivity index (χ2n) is 10.7. The monoisotopic (exact) mass is 575 g/mol. The highest BCUT2D eigenvalue weighted by Gasteiger charge is 2.63. The fourth-order valence-electron chi connectivity index (χ4n) is 5.85. The number of carbonyl (C=O) groups is 2. The number of benzene rings is 2. The molecule has 0 saturated heterocycles. The number of alkyl halides is 5. The summed E-state index contributed by atoms with van der Waals surface area (Å²) in [4.78, 5) is 25.5. The first-order chi connectivity index (χ1) is 17.9. The van der Waals surface area contributed by atoms with Crippen molar-refractivity contribution in [1.29, 1.82) is 0 Å². The van der Waals surface area contributed by atoms with E-state index in [1.165, 1.54) is 0 Å². The third-order valence-electron chi connectivity index (χ3n) is 7.23. The molecule has 0 spiro atoms. The maximum Gasteiger partial charge on any atom is 0.432 e. The first-order valence-electron chi connectivity index (χ1n) is 11.8. The maximum absolute atomic E-state index is 13.7. The molecule has 7 nitrogen and oxygen atoms in total. The summed E-state index contributed by atoms with van der Waals surface area (Å²) in [5.41, 5.74) is 3.23. The number of halogens is 5. The van der Waals surface area contributed by atoms with Crippen LogP contribution in [0.3, 0.4) is 0 Å². The number of hydrogen-bond donors (Lipinski definition) is 0. The minimum Gasteiger partial charge on any atom is -0.743 e. The van der Waals surface area contributed by atoms with Crippen LogP contribution in [-0.4, -0.2) is 49.1 Å². The average Bonchev–Trinajstić information content (AvgIpc) is 2.83. The summed E-state index contributed by atoms with van der Waals surface area (Å²) < 4.78 is 107. The summed E-state index contributed by atoms with van der Waals surface area (Å²) in [6.45, 7) is 4.24. The van der Waals surface area contributed by atoms with Crippen LogP contribution in [0.15, 0.2) is 48.5 Å². The molecule has 5 rings (SSSR count). The summed E-state index contributed by atoms with van der Waals surface area (Å²) in [6.07, 6.45) is -10.7. The van der Waals surface area contributed by atoms with Crippen LogP contribution < -0.4 is 0 Å². The number of esters is 2. The van der Waals surface area contributed by atoms with Gasteiger partial charge in [0, 0.05) is 11.8 Å². The lowest BCUT2D eigenvalue weighted by atomic mass is 9.49. The molecule has 2 bridgehead atoms. The molecule has 212 valence electrons. The molecule has 0 heterocycles. The Bertz CT molecular complexity index is 1350. The quantitative estimate of drug-likeness (QED) is 0.279. The Kier molecular flexibility index (Phi) is 7.08. The first-order valence-corrected chi connectivity index (χ1v) is 13.2. The fourth-order valence-corrected chi connectivity index (χ4v) is 6.29. The van der Waals surface area contributed by atoms with E-state index in [1.807, 2.05) is 57.2 Å². The fraction of sp³-hybridized carbons (Fsp3) is 0.462. The lowest BCUT2D eigenvalue weighted by molar-refractivity contribution is -0.260. The van der Waals surface area contributed by atoms with E-state index in [2.05, 4.69) is 4.74 Å². The van der Waals surface area contributed by atoms with Gasteiger partial charge < -0.3 is 14.0 Å². The summed E-state index contributed by atoms with van der Waals surface area (Å²) in [5, 5.41) is -6.00. The SMILES string of the molecule is CC(C)(C)C1C2c3ccccc3C(c3ccccc32)C1C(=O)OCC(=O)OC(C(F)(F)F)C(F)(F)S(=O)(=O)[O-]. The number of fused-ring (bicyclic) bond motifs is 1. The van der Waals surface area contributed by atoms with Gasteiger partial charge in [0.25, 0.3) is 6.10 Å². The Balaban J connectivity index is 1.63. The number of ether oxygens (including phenoxy) is 2. The summed E-state index contributed by atoms with van der Waals surface area (Å²) in [7, 11) is -6.85. The van der Waals surface area contributed by atoms with Crippen LogP contribution in [-0.2, 0) is 29.2 Å². The van der Waals surface area contributed by atoms with Crippen molar-refractivity contribution < 1.29 is 54.0 Å². The normalized spacial score (nSPS) is 23.4. The third-order valence-corrected chi connectivity index (χ3v) is 8.11. The van der Waals surface area contributed by atoms with E-state index in [-0.39, 0.29) is 11.8 Å². The van der Waals surface area contributed by atoms with Crippen LogP contribution in [0.1, 0.15) is 54.9 Å². The van der Waals surface area contributed by atoms with Gasteiger partial charge in [-0.25, -0.2) is 13.2 Å².